The van der Waals surface area contributed by atoms with Crippen molar-refractivity contribution in [2.45, 2.75) is 45.4 Å². The molecule has 158 valence electrons. The predicted octanol–water partition coefficient (Wildman–Crippen LogP) is 8.78. The fourth-order valence-electron chi connectivity index (χ4n) is 3.97. The molecule has 0 N–H and O–H groups in total. The van der Waals surface area contributed by atoms with Crippen molar-refractivity contribution in [1.29, 1.82) is 0 Å². The highest BCUT2D eigenvalue weighted by molar-refractivity contribution is 5.45. The maximum absolute atomic E-state index is 4.35. The molecule has 3 rings (SSSR count). The summed E-state index contributed by atoms with van der Waals surface area (Å²) in [6.07, 6.45) is 8.28. The van der Waals surface area contributed by atoms with Gasteiger partial charge in [0.1, 0.15) is 0 Å². The van der Waals surface area contributed by atoms with Gasteiger partial charge in [-0.2, -0.15) is 0 Å². The van der Waals surface area contributed by atoms with Crippen LogP contribution in [0.5, 0.6) is 0 Å². The van der Waals surface area contributed by atoms with Gasteiger partial charge >= 0.3 is 0 Å². The largest absolute Gasteiger partial charge is 0.0952 e. The first kappa shape index (κ1) is 22.6. The number of rotatable bonds is 8. The average molecular weight is 407 g/mol. The minimum Gasteiger partial charge on any atom is -0.0952 e. The molecule has 0 fully saturated rings. The summed E-state index contributed by atoms with van der Waals surface area (Å²) < 4.78 is 0. The van der Waals surface area contributed by atoms with Crippen LogP contribution < -0.4 is 0 Å². The summed E-state index contributed by atoms with van der Waals surface area (Å²) in [6, 6.07) is 28.7. The van der Waals surface area contributed by atoms with Crippen molar-refractivity contribution in [1.82, 2.24) is 0 Å². The summed E-state index contributed by atoms with van der Waals surface area (Å²) in [7, 11) is 0. The van der Waals surface area contributed by atoms with Crippen LogP contribution in [0.4, 0.5) is 0 Å². The lowest BCUT2D eigenvalue weighted by Gasteiger charge is -2.22. The van der Waals surface area contributed by atoms with E-state index in [2.05, 4.69) is 124 Å². The van der Waals surface area contributed by atoms with E-state index in [0.29, 0.717) is 11.8 Å². The lowest BCUT2D eigenvalue weighted by molar-refractivity contribution is 0.856. The van der Waals surface area contributed by atoms with Gasteiger partial charge < -0.3 is 0 Å². The van der Waals surface area contributed by atoms with Crippen LogP contribution in [0.2, 0.25) is 0 Å². The first-order valence-corrected chi connectivity index (χ1v) is 11.2. The van der Waals surface area contributed by atoms with Gasteiger partial charge in [0.2, 0.25) is 0 Å². The number of hydrogen-bond acceptors (Lipinski definition) is 0. The SMILES string of the molecule is C=C(/C=C\C=C/C)C(C)c1cc(C(C)c2ccccc2)cc(C(C)c2ccccc2)c1. The van der Waals surface area contributed by atoms with Crippen LogP contribution >= 0.6 is 0 Å². The normalized spacial score (nSPS) is 14.6. The topological polar surface area (TPSA) is 0 Å². The molecule has 0 amide bonds. The molecule has 0 saturated heterocycles. The fraction of sp³-hybridized carbons (Fsp3) is 0.226. The van der Waals surface area contributed by atoms with Crippen LogP contribution in [-0.4, -0.2) is 0 Å². The number of hydrogen-bond donors (Lipinski definition) is 0. The highest BCUT2D eigenvalue weighted by Crippen LogP contribution is 2.34. The Morgan fingerprint density at radius 3 is 1.55 bits per heavy atom. The maximum Gasteiger partial charge on any atom is 0.00612 e. The zero-order chi connectivity index (χ0) is 22.2. The van der Waals surface area contributed by atoms with E-state index in [1.807, 2.05) is 13.0 Å². The van der Waals surface area contributed by atoms with Crippen molar-refractivity contribution in [3.8, 4) is 0 Å². The Balaban J connectivity index is 2.04. The Morgan fingerprint density at radius 2 is 1.10 bits per heavy atom. The molecule has 3 unspecified atom stereocenters. The molecule has 0 heteroatoms. The zero-order valence-corrected chi connectivity index (χ0v) is 19.3. The Hall–Kier alpha value is -3.12. The van der Waals surface area contributed by atoms with Gasteiger partial charge in [-0.1, -0.05) is 131 Å². The molecule has 3 aromatic rings. The van der Waals surface area contributed by atoms with Crippen molar-refractivity contribution < 1.29 is 0 Å². The number of benzene rings is 3. The first-order chi connectivity index (χ1) is 15.0. The summed E-state index contributed by atoms with van der Waals surface area (Å²) >= 11 is 0. The molecule has 0 heterocycles. The molecule has 0 radical (unpaired) electrons. The van der Waals surface area contributed by atoms with Crippen LogP contribution in [-0.2, 0) is 0 Å². The van der Waals surface area contributed by atoms with Crippen LogP contribution in [0.1, 0.15) is 73.3 Å². The molecular weight excluding hydrogens is 372 g/mol. The molecular formula is C31H34. The van der Waals surface area contributed by atoms with Crippen LogP contribution in [0, 0.1) is 0 Å². The van der Waals surface area contributed by atoms with E-state index < -0.39 is 0 Å². The summed E-state index contributed by atoms with van der Waals surface area (Å²) in [5.41, 5.74) is 7.86. The summed E-state index contributed by atoms with van der Waals surface area (Å²) in [6.45, 7) is 13.2. The van der Waals surface area contributed by atoms with Gasteiger partial charge in [0, 0.05) is 17.8 Å². The van der Waals surface area contributed by atoms with E-state index in [9.17, 15) is 0 Å². The maximum atomic E-state index is 4.35. The van der Waals surface area contributed by atoms with E-state index in [0.717, 1.165) is 5.57 Å². The van der Waals surface area contributed by atoms with Gasteiger partial charge in [-0.15, -0.1) is 0 Å². The van der Waals surface area contributed by atoms with E-state index in [1.54, 1.807) is 0 Å². The molecule has 0 nitrogen and oxygen atoms in total. The molecule has 0 spiro atoms. The second-order valence-corrected chi connectivity index (χ2v) is 8.38. The van der Waals surface area contributed by atoms with Gasteiger partial charge in [-0.05, 0) is 40.3 Å². The Bertz CT molecular complexity index is 974. The zero-order valence-electron chi connectivity index (χ0n) is 19.3. The second-order valence-electron chi connectivity index (χ2n) is 8.38. The van der Waals surface area contributed by atoms with Crippen LogP contribution in [0.3, 0.4) is 0 Å². The molecule has 3 atom stereocenters. The molecule has 0 aliphatic rings. The quantitative estimate of drug-likeness (QED) is 0.328. The third kappa shape index (κ3) is 5.73. The minimum absolute atomic E-state index is 0.256. The molecule has 0 bridgehead atoms. The Kier molecular flexibility index (Phi) is 7.84. The Morgan fingerprint density at radius 1 is 0.645 bits per heavy atom. The highest BCUT2D eigenvalue weighted by Gasteiger charge is 2.17. The third-order valence-electron chi connectivity index (χ3n) is 6.27. The molecule has 31 heavy (non-hydrogen) atoms. The fourth-order valence-corrected chi connectivity index (χ4v) is 3.97. The third-order valence-corrected chi connectivity index (χ3v) is 6.27. The minimum atomic E-state index is 0.256. The van der Waals surface area contributed by atoms with Crippen molar-refractivity contribution in [3.63, 3.8) is 0 Å². The molecule has 3 aromatic carbocycles. The van der Waals surface area contributed by atoms with Gasteiger partial charge in [0.15, 0.2) is 0 Å². The average Bonchev–Trinajstić information content (AvgIpc) is 2.83. The lowest BCUT2D eigenvalue weighted by atomic mass is 9.82. The molecule has 0 aliphatic carbocycles. The number of allylic oxidation sites excluding steroid dienone is 5. The van der Waals surface area contributed by atoms with E-state index in [-0.39, 0.29) is 5.92 Å². The lowest BCUT2D eigenvalue weighted by Crippen LogP contribution is -2.05. The smallest absolute Gasteiger partial charge is 0.00612 e. The predicted molar refractivity (Wildman–Crippen MR) is 136 cm³/mol. The van der Waals surface area contributed by atoms with Crippen LogP contribution in [0.25, 0.3) is 0 Å². The Labute approximate surface area is 188 Å². The molecule has 0 aromatic heterocycles. The summed E-state index contributed by atoms with van der Waals surface area (Å²) in [5, 5.41) is 0. The van der Waals surface area contributed by atoms with Gasteiger partial charge in [0.25, 0.3) is 0 Å². The first-order valence-electron chi connectivity index (χ1n) is 11.2. The van der Waals surface area contributed by atoms with Gasteiger partial charge in [-0.25, -0.2) is 0 Å². The molecule has 0 saturated carbocycles. The van der Waals surface area contributed by atoms with E-state index in [4.69, 9.17) is 0 Å². The second kappa shape index (κ2) is 10.8. The highest BCUT2D eigenvalue weighted by atomic mass is 14.2. The van der Waals surface area contributed by atoms with Gasteiger partial charge in [-0.3, -0.25) is 0 Å². The van der Waals surface area contributed by atoms with E-state index in [1.165, 1.54) is 27.8 Å². The summed E-state index contributed by atoms with van der Waals surface area (Å²) in [5.74, 6) is 0.926. The standard InChI is InChI=1S/C31H34/c1-6-7-10-15-23(2)24(3)29-20-30(25(4)27-16-11-8-12-17-27)22-31(21-29)26(5)28-18-13-9-14-19-28/h6-22,24-26H,2H2,1,3-5H3/b7-6-,15-10-. The monoisotopic (exact) mass is 406 g/mol. The summed E-state index contributed by atoms with van der Waals surface area (Å²) in [4.78, 5) is 0. The van der Waals surface area contributed by atoms with Crippen molar-refractivity contribution in [2.75, 3.05) is 0 Å². The van der Waals surface area contributed by atoms with E-state index >= 15 is 0 Å². The van der Waals surface area contributed by atoms with Crippen molar-refractivity contribution in [3.05, 3.63) is 143 Å². The van der Waals surface area contributed by atoms with Gasteiger partial charge in [0.05, 0.1) is 0 Å². The van der Waals surface area contributed by atoms with Crippen molar-refractivity contribution >= 4 is 0 Å². The van der Waals surface area contributed by atoms with Crippen LogP contribution in [0.15, 0.2) is 115 Å². The van der Waals surface area contributed by atoms with Crippen molar-refractivity contribution in [2.24, 2.45) is 0 Å². The molecule has 0 aliphatic heterocycles.